The summed E-state index contributed by atoms with van der Waals surface area (Å²) in [5.74, 6) is 0. The van der Waals surface area contributed by atoms with Crippen LogP contribution in [0.4, 0.5) is 4.70 Å². The van der Waals surface area contributed by atoms with Crippen molar-refractivity contribution in [3.05, 3.63) is 0 Å². The normalized spacial score (nSPS) is 9.00. The van der Waals surface area contributed by atoms with Crippen molar-refractivity contribution in [2.75, 3.05) is 26.2 Å². The third-order valence-electron chi connectivity index (χ3n) is 2.68. The molecule has 0 radical (unpaired) electrons. The van der Waals surface area contributed by atoms with E-state index in [0.717, 1.165) is 0 Å². The summed E-state index contributed by atoms with van der Waals surface area (Å²) in [7, 11) is 0. The molecule has 0 aromatic carbocycles. The van der Waals surface area contributed by atoms with Gasteiger partial charge >= 0.3 is 0 Å². The monoisotopic (exact) mass is 186 g/mol. The zero-order valence-corrected chi connectivity index (χ0v) is 8.68. The van der Waals surface area contributed by atoms with E-state index in [4.69, 9.17) is 0 Å². The molecule has 0 spiro atoms. The maximum Gasteiger partial charge on any atom is 0.0757 e. The average molecular weight is 186 g/mol. The molecule has 0 fully saturated rings. The number of halogens is 1. The number of quaternary nitrogens is 1. The molecule has 4 N–H and O–H groups in total. The van der Waals surface area contributed by atoms with E-state index < -0.39 is 0 Å². The van der Waals surface area contributed by atoms with Crippen LogP contribution in [-0.2, 0) is 0 Å². The molecule has 0 saturated carbocycles. The molecule has 0 unspecified atom stereocenters. The van der Waals surface area contributed by atoms with Gasteiger partial charge in [0, 0.05) is 0 Å². The van der Waals surface area contributed by atoms with Crippen molar-refractivity contribution in [1.82, 2.24) is 0 Å². The SMILES string of the molecule is CC[N+](CC)(CC)CC.F.O.O. The van der Waals surface area contributed by atoms with Gasteiger partial charge in [-0.2, -0.15) is 0 Å². The first-order valence-electron chi connectivity index (χ1n) is 4.09. The van der Waals surface area contributed by atoms with Crippen molar-refractivity contribution in [3.8, 4) is 0 Å². The molecule has 0 saturated heterocycles. The molecule has 0 aliphatic rings. The molecule has 0 atom stereocenters. The van der Waals surface area contributed by atoms with Crippen LogP contribution in [0.3, 0.4) is 0 Å². The molecule has 0 aromatic rings. The molecule has 3 nitrogen and oxygen atoms in total. The number of nitrogens with zero attached hydrogens (tertiary/aromatic N) is 1. The second-order valence-corrected chi connectivity index (χ2v) is 2.61. The lowest BCUT2D eigenvalue weighted by Crippen LogP contribution is -2.47. The molecule has 0 heterocycles. The number of rotatable bonds is 4. The van der Waals surface area contributed by atoms with Gasteiger partial charge in [-0.1, -0.05) is 0 Å². The molecule has 0 amide bonds. The fourth-order valence-electron chi connectivity index (χ4n) is 1.34. The third kappa shape index (κ3) is 5.46. The highest BCUT2D eigenvalue weighted by Gasteiger charge is 2.16. The third-order valence-corrected chi connectivity index (χ3v) is 2.68. The predicted molar refractivity (Wildman–Crippen MR) is 52.2 cm³/mol. The van der Waals surface area contributed by atoms with Gasteiger partial charge in [0.2, 0.25) is 0 Å². The van der Waals surface area contributed by atoms with Crippen LogP contribution in [0.1, 0.15) is 27.7 Å². The standard InChI is InChI=1S/C8H20N.FH.2H2O/c1-5-9(6-2,7-3)8-4;;;/h5-8H2,1-4H3;1H;2*1H2/q+1;;;. The van der Waals surface area contributed by atoms with Gasteiger partial charge in [-0.25, -0.2) is 0 Å². The quantitative estimate of drug-likeness (QED) is 0.570. The summed E-state index contributed by atoms with van der Waals surface area (Å²) in [6.07, 6.45) is 0. The maximum absolute atomic E-state index is 2.27. The van der Waals surface area contributed by atoms with Gasteiger partial charge < -0.3 is 15.4 Å². The van der Waals surface area contributed by atoms with E-state index in [0.29, 0.717) is 0 Å². The first-order valence-corrected chi connectivity index (χ1v) is 4.09. The number of hydrogen-bond donors (Lipinski definition) is 0. The van der Waals surface area contributed by atoms with Gasteiger partial charge in [-0.05, 0) is 27.7 Å². The van der Waals surface area contributed by atoms with E-state index in [1.165, 1.54) is 30.7 Å². The Hall–Kier alpha value is -0.190. The Bertz CT molecular complexity index is 59.9. The van der Waals surface area contributed by atoms with Crippen molar-refractivity contribution in [2.45, 2.75) is 27.7 Å². The van der Waals surface area contributed by atoms with Crippen LogP contribution in [0.2, 0.25) is 0 Å². The lowest BCUT2D eigenvalue weighted by Gasteiger charge is -2.34. The van der Waals surface area contributed by atoms with Crippen LogP contribution >= 0.6 is 0 Å². The highest BCUT2D eigenvalue weighted by Crippen LogP contribution is 2.03. The van der Waals surface area contributed by atoms with Crippen molar-refractivity contribution < 1.29 is 20.1 Å². The summed E-state index contributed by atoms with van der Waals surface area (Å²) in [5, 5.41) is 0. The van der Waals surface area contributed by atoms with Crippen molar-refractivity contribution >= 4 is 0 Å². The zero-order valence-electron chi connectivity index (χ0n) is 8.68. The fraction of sp³-hybridized carbons (Fsp3) is 1.00. The van der Waals surface area contributed by atoms with Gasteiger partial charge in [-0.15, -0.1) is 0 Å². The fourth-order valence-corrected chi connectivity index (χ4v) is 1.34. The molecule has 4 heteroatoms. The minimum absolute atomic E-state index is 0. The molecule has 80 valence electrons. The largest absolute Gasteiger partial charge is 0.412 e. The van der Waals surface area contributed by atoms with E-state index in [9.17, 15) is 0 Å². The molecule has 0 aromatic heterocycles. The zero-order chi connectivity index (χ0) is 7.33. The first kappa shape index (κ1) is 22.6. The summed E-state index contributed by atoms with van der Waals surface area (Å²) in [4.78, 5) is 0. The van der Waals surface area contributed by atoms with E-state index >= 15 is 0 Å². The van der Waals surface area contributed by atoms with Crippen LogP contribution in [0, 0.1) is 0 Å². The van der Waals surface area contributed by atoms with E-state index in [1.54, 1.807) is 0 Å². The van der Waals surface area contributed by atoms with Crippen LogP contribution in [0.5, 0.6) is 0 Å². The van der Waals surface area contributed by atoms with Gasteiger partial charge in [0.15, 0.2) is 0 Å². The first-order chi connectivity index (χ1) is 4.24. The second kappa shape index (κ2) is 10.8. The summed E-state index contributed by atoms with van der Waals surface area (Å²) in [6.45, 7) is 14.2. The Balaban J connectivity index is -0.000000107. The maximum atomic E-state index is 2.27. The Labute approximate surface area is 75.0 Å². The predicted octanol–water partition coefficient (Wildman–Crippen LogP) is 0.386. The summed E-state index contributed by atoms with van der Waals surface area (Å²) in [6, 6.07) is 0. The minimum Gasteiger partial charge on any atom is -0.412 e. The highest BCUT2D eigenvalue weighted by molar-refractivity contribution is 4.31. The molecular formula is C8H25FNO2+. The Morgan fingerprint density at radius 1 is 0.667 bits per heavy atom. The summed E-state index contributed by atoms with van der Waals surface area (Å²) in [5.41, 5.74) is 0. The van der Waals surface area contributed by atoms with Gasteiger partial charge in [0.1, 0.15) is 0 Å². The Morgan fingerprint density at radius 2 is 0.833 bits per heavy atom. The summed E-state index contributed by atoms with van der Waals surface area (Å²) >= 11 is 0. The van der Waals surface area contributed by atoms with Crippen LogP contribution in [0.25, 0.3) is 0 Å². The lowest BCUT2D eigenvalue weighted by molar-refractivity contribution is -0.921. The minimum atomic E-state index is 0. The van der Waals surface area contributed by atoms with Gasteiger partial charge in [-0.3, -0.25) is 4.70 Å². The highest BCUT2D eigenvalue weighted by atomic mass is 19.0. The van der Waals surface area contributed by atoms with Crippen molar-refractivity contribution in [3.63, 3.8) is 0 Å². The van der Waals surface area contributed by atoms with Crippen LogP contribution < -0.4 is 0 Å². The smallest absolute Gasteiger partial charge is 0.0757 e. The lowest BCUT2D eigenvalue weighted by atomic mass is 10.3. The molecule has 0 bridgehead atoms. The van der Waals surface area contributed by atoms with Gasteiger partial charge in [0.25, 0.3) is 0 Å². The van der Waals surface area contributed by atoms with E-state index in [-0.39, 0.29) is 15.7 Å². The Kier molecular flexibility index (Phi) is 20.4. The molecule has 0 aliphatic heterocycles. The second-order valence-electron chi connectivity index (χ2n) is 2.61. The van der Waals surface area contributed by atoms with Gasteiger partial charge in [0.05, 0.1) is 26.2 Å². The number of hydrogen-bond acceptors (Lipinski definition) is 0. The topological polar surface area (TPSA) is 63.0 Å². The van der Waals surface area contributed by atoms with Crippen LogP contribution in [-0.4, -0.2) is 41.6 Å². The molecule has 12 heavy (non-hydrogen) atoms. The molecular weight excluding hydrogens is 161 g/mol. The Morgan fingerprint density at radius 3 is 0.833 bits per heavy atom. The molecule has 0 aliphatic carbocycles. The van der Waals surface area contributed by atoms with Crippen molar-refractivity contribution in [2.24, 2.45) is 0 Å². The molecule has 0 rings (SSSR count). The summed E-state index contributed by atoms with van der Waals surface area (Å²) < 4.78 is 1.28. The average Bonchev–Trinajstić information content (AvgIpc) is 1.95. The van der Waals surface area contributed by atoms with E-state index in [1.807, 2.05) is 0 Å². The van der Waals surface area contributed by atoms with E-state index in [2.05, 4.69) is 27.7 Å². The van der Waals surface area contributed by atoms with Crippen LogP contribution in [0.15, 0.2) is 0 Å². The van der Waals surface area contributed by atoms with Crippen molar-refractivity contribution in [1.29, 1.82) is 0 Å².